The van der Waals surface area contributed by atoms with Crippen LogP contribution >= 0.6 is 0 Å². The molecule has 3 aromatic carbocycles. The van der Waals surface area contributed by atoms with Crippen molar-refractivity contribution in [2.45, 2.75) is 25.8 Å². The fraction of sp³-hybridized carbons (Fsp3) is 0.167. The lowest BCUT2D eigenvalue weighted by Crippen LogP contribution is -2.32. The molecule has 0 bridgehead atoms. The smallest absolute Gasteiger partial charge is 0.265 e. The van der Waals surface area contributed by atoms with E-state index < -0.39 is 23.6 Å². The first-order valence-corrected chi connectivity index (χ1v) is 9.94. The van der Waals surface area contributed by atoms with E-state index in [1.54, 1.807) is 47.3 Å². The molecule has 0 saturated carbocycles. The van der Waals surface area contributed by atoms with Crippen molar-refractivity contribution in [1.29, 1.82) is 0 Å². The Morgan fingerprint density at radius 1 is 0.844 bits per heavy atom. The van der Waals surface area contributed by atoms with Gasteiger partial charge in [-0.25, -0.2) is 22.1 Å². The minimum absolute atomic E-state index is 0.0846. The van der Waals surface area contributed by atoms with Crippen LogP contribution < -0.4 is 4.57 Å². The molecule has 1 unspecified atom stereocenters. The maximum absolute atomic E-state index is 14.5. The highest BCUT2D eigenvalue weighted by Gasteiger charge is 2.22. The van der Waals surface area contributed by atoms with Gasteiger partial charge in [-0.3, -0.25) is 0 Å². The summed E-state index contributed by atoms with van der Waals surface area (Å²) in [6.07, 6.45) is 2.28. The quantitative estimate of drug-likeness (QED) is 0.292. The van der Waals surface area contributed by atoms with Gasteiger partial charge in [-0.1, -0.05) is 42.5 Å². The fourth-order valence-corrected chi connectivity index (χ4v) is 3.34. The molecule has 32 heavy (non-hydrogen) atoms. The van der Waals surface area contributed by atoms with Crippen LogP contribution in [-0.2, 0) is 24.4 Å². The van der Waals surface area contributed by atoms with Crippen molar-refractivity contribution in [1.82, 2.24) is 9.78 Å². The summed E-state index contributed by atoms with van der Waals surface area (Å²) >= 11 is 0. The van der Waals surface area contributed by atoms with Crippen LogP contribution in [0.2, 0.25) is 0 Å². The zero-order valence-electron chi connectivity index (χ0n) is 17.0. The standard InChI is InChI=1S/C24H20F4N3O/c25-19-9-10-20(23(28)11-19)24(32-14-18-6-2-4-8-22(18)27)13-31-16-30(15-29-31)12-17-5-1-3-7-21(17)26/h1-11,15-16,24H,12-14H2/q+1. The van der Waals surface area contributed by atoms with Crippen LogP contribution in [0.15, 0.2) is 79.4 Å². The monoisotopic (exact) mass is 442 g/mol. The topological polar surface area (TPSA) is 30.9 Å². The molecule has 8 heteroatoms. The molecule has 1 heterocycles. The molecule has 0 radical (unpaired) electrons. The molecule has 0 fully saturated rings. The van der Waals surface area contributed by atoms with Crippen LogP contribution in [0.4, 0.5) is 17.6 Å². The van der Waals surface area contributed by atoms with Crippen LogP contribution in [-0.4, -0.2) is 9.78 Å². The van der Waals surface area contributed by atoms with Gasteiger partial charge in [-0.05, 0) is 18.2 Å². The van der Waals surface area contributed by atoms with Gasteiger partial charge in [0.2, 0.25) is 6.33 Å². The van der Waals surface area contributed by atoms with Crippen molar-refractivity contribution in [2.24, 2.45) is 0 Å². The van der Waals surface area contributed by atoms with Gasteiger partial charge in [-0.15, -0.1) is 4.68 Å². The van der Waals surface area contributed by atoms with Crippen LogP contribution in [0.25, 0.3) is 0 Å². The Kier molecular flexibility index (Phi) is 6.61. The van der Waals surface area contributed by atoms with Crippen LogP contribution in [0.1, 0.15) is 22.8 Å². The summed E-state index contributed by atoms with van der Waals surface area (Å²) in [5.41, 5.74) is 0.933. The van der Waals surface area contributed by atoms with Crippen molar-refractivity contribution in [3.05, 3.63) is 119 Å². The Balaban J connectivity index is 1.54. The molecule has 4 aromatic rings. The number of halogens is 4. The van der Waals surface area contributed by atoms with Crippen LogP contribution in [0.3, 0.4) is 0 Å². The van der Waals surface area contributed by atoms with Gasteiger partial charge in [0.05, 0.1) is 13.2 Å². The number of nitrogens with zero attached hydrogens (tertiary/aromatic N) is 3. The first-order valence-electron chi connectivity index (χ1n) is 9.94. The molecule has 1 atom stereocenters. The number of benzene rings is 3. The zero-order valence-corrected chi connectivity index (χ0v) is 17.0. The summed E-state index contributed by atoms with van der Waals surface area (Å²) in [5.74, 6) is -2.24. The highest BCUT2D eigenvalue weighted by Crippen LogP contribution is 2.25. The molecule has 0 spiro atoms. The second-order valence-corrected chi connectivity index (χ2v) is 7.29. The van der Waals surface area contributed by atoms with E-state index in [-0.39, 0.29) is 31.1 Å². The summed E-state index contributed by atoms with van der Waals surface area (Å²) < 4.78 is 64.8. The molecule has 4 nitrogen and oxygen atoms in total. The number of rotatable bonds is 8. The third-order valence-corrected chi connectivity index (χ3v) is 5.00. The molecule has 164 valence electrons. The summed E-state index contributed by atoms with van der Waals surface area (Å²) in [7, 11) is 0. The van der Waals surface area contributed by atoms with E-state index in [1.807, 2.05) is 0 Å². The van der Waals surface area contributed by atoms with E-state index in [9.17, 15) is 17.6 Å². The third kappa shape index (κ3) is 5.20. The summed E-state index contributed by atoms with van der Waals surface area (Å²) in [6.45, 7) is 0.240. The highest BCUT2D eigenvalue weighted by atomic mass is 19.1. The lowest BCUT2D eigenvalue weighted by molar-refractivity contribution is -0.689. The SMILES string of the molecule is Fc1ccc(C(Cn2c[n+](Cc3ccccc3F)cn2)OCc2ccccc2F)c(F)c1. The summed E-state index contributed by atoms with van der Waals surface area (Å²) in [5, 5.41) is 4.23. The first kappa shape index (κ1) is 21.7. The van der Waals surface area contributed by atoms with E-state index in [0.29, 0.717) is 11.1 Å². The second-order valence-electron chi connectivity index (χ2n) is 7.29. The maximum atomic E-state index is 14.5. The number of ether oxygens (including phenoxy) is 1. The van der Waals surface area contributed by atoms with Gasteiger partial charge >= 0.3 is 0 Å². The average Bonchev–Trinajstić information content (AvgIpc) is 3.21. The largest absolute Gasteiger partial charge is 0.365 e. The Morgan fingerprint density at radius 2 is 1.53 bits per heavy atom. The molecule has 0 aliphatic heterocycles. The molecule has 0 aliphatic rings. The van der Waals surface area contributed by atoms with Crippen molar-refractivity contribution in [3.8, 4) is 0 Å². The Hall–Kier alpha value is -3.52. The predicted molar refractivity (Wildman–Crippen MR) is 108 cm³/mol. The second kappa shape index (κ2) is 9.74. The van der Waals surface area contributed by atoms with E-state index >= 15 is 0 Å². The van der Waals surface area contributed by atoms with Gasteiger partial charge in [-0.2, -0.15) is 0 Å². The molecular formula is C24H20F4N3O+. The molecule has 0 amide bonds. The van der Waals surface area contributed by atoms with Crippen molar-refractivity contribution < 1.29 is 26.9 Å². The Labute approximate surface area is 182 Å². The fourth-order valence-electron chi connectivity index (χ4n) is 3.34. The number of hydrogen-bond donors (Lipinski definition) is 0. The third-order valence-electron chi connectivity index (χ3n) is 5.00. The minimum atomic E-state index is -0.864. The van der Waals surface area contributed by atoms with Crippen molar-refractivity contribution in [2.75, 3.05) is 0 Å². The van der Waals surface area contributed by atoms with Crippen molar-refractivity contribution in [3.63, 3.8) is 0 Å². The maximum Gasteiger partial charge on any atom is 0.265 e. The van der Waals surface area contributed by atoms with Gasteiger partial charge in [0.15, 0.2) is 0 Å². The lowest BCUT2D eigenvalue weighted by atomic mass is 10.1. The zero-order chi connectivity index (χ0) is 22.5. The molecule has 1 aromatic heterocycles. The minimum Gasteiger partial charge on any atom is -0.365 e. The normalized spacial score (nSPS) is 12.1. The van der Waals surface area contributed by atoms with Crippen molar-refractivity contribution >= 4 is 0 Å². The van der Waals surface area contributed by atoms with Crippen LogP contribution in [0, 0.1) is 23.3 Å². The summed E-state index contributed by atoms with van der Waals surface area (Å²) in [6, 6.07) is 15.7. The molecule has 0 aliphatic carbocycles. The first-order chi connectivity index (χ1) is 15.5. The van der Waals surface area contributed by atoms with Gasteiger partial charge in [0.25, 0.3) is 6.33 Å². The van der Waals surface area contributed by atoms with Gasteiger partial charge in [0.1, 0.15) is 35.9 Å². The van der Waals surface area contributed by atoms with Gasteiger partial charge < -0.3 is 4.74 Å². The predicted octanol–water partition coefficient (Wildman–Crippen LogP) is 4.73. The Morgan fingerprint density at radius 3 is 2.22 bits per heavy atom. The molecular weight excluding hydrogens is 422 g/mol. The Bertz CT molecular complexity index is 1210. The number of aromatic nitrogens is 3. The van der Waals surface area contributed by atoms with Crippen LogP contribution in [0.5, 0.6) is 0 Å². The average molecular weight is 442 g/mol. The molecule has 0 N–H and O–H groups in total. The highest BCUT2D eigenvalue weighted by molar-refractivity contribution is 5.22. The summed E-state index contributed by atoms with van der Waals surface area (Å²) in [4.78, 5) is 0. The number of hydrogen-bond acceptors (Lipinski definition) is 2. The van der Waals surface area contributed by atoms with E-state index in [2.05, 4.69) is 5.10 Å². The van der Waals surface area contributed by atoms with E-state index in [1.165, 1.54) is 29.2 Å². The van der Waals surface area contributed by atoms with Gasteiger partial charge in [0, 0.05) is 27.9 Å². The molecule has 0 saturated heterocycles. The van der Waals surface area contributed by atoms with E-state index in [0.717, 1.165) is 12.1 Å². The van der Waals surface area contributed by atoms with E-state index in [4.69, 9.17) is 4.74 Å². The molecule has 4 rings (SSSR count). The lowest BCUT2D eigenvalue weighted by Gasteiger charge is -2.17.